The summed E-state index contributed by atoms with van der Waals surface area (Å²) in [6.07, 6.45) is -3.91. The molecule has 0 radical (unpaired) electrons. The zero-order valence-corrected chi connectivity index (χ0v) is 17.5. The molecule has 1 unspecified atom stereocenters. The van der Waals surface area contributed by atoms with Crippen LogP contribution in [0.5, 0.6) is 0 Å². The van der Waals surface area contributed by atoms with E-state index in [1.54, 1.807) is 26.0 Å². The van der Waals surface area contributed by atoms with Crippen LogP contribution in [0.4, 0.5) is 13.2 Å². The third-order valence-corrected chi connectivity index (χ3v) is 3.18. The Balaban J connectivity index is 0.00000625. The molecule has 0 saturated heterocycles. The van der Waals surface area contributed by atoms with Gasteiger partial charge in [0.25, 0.3) is 0 Å². The van der Waals surface area contributed by atoms with Gasteiger partial charge in [0.2, 0.25) is 0 Å². The summed E-state index contributed by atoms with van der Waals surface area (Å²) in [5.41, 5.74) is -1.26. The van der Waals surface area contributed by atoms with Gasteiger partial charge < -0.3 is 24.9 Å². The quantitative estimate of drug-likeness (QED) is 0.214. The molecule has 0 bridgehead atoms. The van der Waals surface area contributed by atoms with E-state index in [9.17, 15) is 18.3 Å². The molecule has 0 saturated carbocycles. The third-order valence-electron chi connectivity index (χ3n) is 3.18. The summed E-state index contributed by atoms with van der Waals surface area (Å²) >= 11 is 0. The molecule has 0 aromatic carbocycles. The van der Waals surface area contributed by atoms with Crippen molar-refractivity contribution in [2.45, 2.75) is 39.0 Å². The number of rotatable bonds is 9. The van der Waals surface area contributed by atoms with Crippen molar-refractivity contribution in [1.29, 1.82) is 0 Å². The number of aliphatic imine (C=N–C) groups is 1. The Labute approximate surface area is 168 Å². The highest BCUT2D eigenvalue weighted by Gasteiger charge is 2.27. The second-order valence-corrected chi connectivity index (χ2v) is 5.83. The van der Waals surface area contributed by atoms with Crippen molar-refractivity contribution >= 4 is 29.9 Å². The summed E-state index contributed by atoms with van der Waals surface area (Å²) in [5, 5.41) is 16.4. The molecule has 1 rings (SSSR count). The highest BCUT2D eigenvalue weighted by Crippen LogP contribution is 2.23. The molecule has 26 heavy (non-hydrogen) atoms. The molecule has 0 amide bonds. The van der Waals surface area contributed by atoms with E-state index >= 15 is 0 Å². The zero-order valence-electron chi connectivity index (χ0n) is 15.2. The fraction of sp³-hybridized carbons (Fsp3) is 0.688. The summed E-state index contributed by atoms with van der Waals surface area (Å²) in [6, 6.07) is 3.46. The van der Waals surface area contributed by atoms with Crippen LogP contribution in [0.1, 0.15) is 31.8 Å². The van der Waals surface area contributed by atoms with Gasteiger partial charge in [-0.15, -0.1) is 24.0 Å². The molecule has 10 heteroatoms. The molecule has 152 valence electrons. The van der Waals surface area contributed by atoms with Crippen molar-refractivity contribution in [1.82, 2.24) is 10.6 Å². The fourth-order valence-electron chi connectivity index (χ4n) is 1.95. The topological polar surface area (TPSA) is 79.0 Å². The summed E-state index contributed by atoms with van der Waals surface area (Å²) < 4.78 is 45.8. The predicted molar refractivity (Wildman–Crippen MR) is 104 cm³/mol. The maximum Gasteiger partial charge on any atom is 0.411 e. The van der Waals surface area contributed by atoms with Crippen LogP contribution in [-0.4, -0.2) is 50.1 Å². The fourth-order valence-corrected chi connectivity index (χ4v) is 1.95. The number of nitrogens with zero attached hydrogens (tertiary/aromatic N) is 1. The molecule has 0 aliphatic rings. The van der Waals surface area contributed by atoms with E-state index in [-0.39, 0.29) is 37.1 Å². The van der Waals surface area contributed by atoms with Gasteiger partial charge in [0, 0.05) is 19.7 Å². The van der Waals surface area contributed by atoms with Crippen molar-refractivity contribution < 1.29 is 27.4 Å². The van der Waals surface area contributed by atoms with Gasteiger partial charge in [0.15, 0.2) is 5.96 Å². The number of aliphatic hydroxyl groups is 1. The number of halogens is 4. The van der Waals surface area contributed by atoms with Gasteiger partial charge in [-0.3, -0.25) is 0 Å². The number of guanidine groups is 1. The third kappa shape index (κ3) is 10.2. The molecule has 6 nitrogen and oxygen atoms in total. The molecule has 1 aromatic heterocycles. The van der Waals surface area contributed by atoms with E-state index in [0.29, 0.717) is 37.0 Å². The van der Waals surface area contributed by atoms with Gasteiger partial charge in [-0.1, -0.05) is 0 Å². The van der Waals surface area contributed by atoms with Crippen LogP contribution in [0.25, 0.3) is 0 Å². The van der Waals surface area contributed by atoms with Crippen LogP contribution < -0.4 is 10.6 Å². The Morgan fingerprint density at radius 1 is 1.31 bits per heavy atom. The van der Waals surface area contributed by atoms with Gasteiger partial charge in [0.05, 0.1) is 6.54 Å². The smallest absolute Gasteiger partial charge is 0.411 e. The van der Waals surface area contributed by atoms with Crippen molar-refractivity contribution in [2.24, 2.45) is 4.99 Å². The minimum atomic E-state index is -4.31. The average molecular weight is 493 g/mol. The lowest BCUT2D eigenvalue weighted by Gasteiger charge is -2.19. The van der Waals surface area contributed by atoms with Crippen molar-refractivity contribution in [3.8, 4) is 0 Å². The van der Waals surface area contributed by atoms with Crippen LogP contribution >= 0.6 is 24.0 Å². The predicted octanol–water partition coefficient (Wildman–Crippen LogP) is 2.94. The number of furan rings is 1. The van der Waals surface area contributed by atoms with Crippen molar-refractivity contribution in [3.05, 3.63) is 23.7 Å². The van der Waals surface area contributed by atoms with E-state index in [4.69, 9.17) is 4.42 Å². The van der Waals surface area contributed by atoms with E-state index in [0.717, 1.165) is 0 Å². The Morgan fingerprint density at radius 2 is 2.00 bits per heavy atom. The second kappa shape index (κ2) is 11.7. The molecule has 0 aliphatic carbocycles. The number of nitrogens with one attached hydrogen (secondary N) is 2. The highest BCUT2D eigenvalue weighted by molar-refractivity contribution is 14.0. The first-order chi connectivity index (χ1) is 11.6. The van der Waals surface area contributed by atoms with E-state index in [1.165, 1.54) is 0 Å². The van der Waals surface area contributed by atoms with Gasteiger partial charge in [0.1, 0.15) is 23.7 Å². The number of hydrogen-bond acceptors (Lipinski definition) is 4. The van der Waals surface area contributed by atoms with Crippen LogP contribution in [0, 0.1) is 6.92 Å². The largest absolute Gasteiger partial charge is 0.463 e. The second-order valence-electron chi connectivity index (χ2n) is 5.83. The number of hydrogen-bond donors (Lipinski definition) is 3. The van der Waals surface area contributed by atoms with Crippen molar-refractivity contribution in [3.63, 3.8) is 0 Å². The molecular formula is C16H27F3IN3O3. The maximum atomic E-state index is 11.9. The lowest BCUT2D eigenvalue weighted by Crippen LogP contribution is -2.39. The first-order valence-electron chi connectivity index (χ1n) is 8.10. The number of aryl methyl sites for hydroxylation is 1. The zero-order chi connectivity index (χ0) is 18.9. The molecule has 1 aromatic rings. The van der Waals surface area contributed by atoms with Gasteiger partial charge in [-0.25, -0.2) is 4.99 Å². The maximum absolute atomic E-state index is 11.9. The Kier molecular flexibility index (Phi) is 11.2. The molecule has 1 atom stereocenters. The van der Waals surface area contributed by atoms with Gasteiger partial charge in [-0.2, -0.15) is 13.2 Å². The summed E-state index contributed by atoms with van der Waals surface area (Å²) in [6.45, 7) is 5.10. The van der Waals surface area contributed by atoms with Crippen molar-refractivity contribution in [2.75, 3.05) is 32.8 Å². The summed E-state index contributed by atoms with van der Waals surface area (Å²) in [7, 11) is 0. The van der Waals surface area contributed by atoms with E-state index in [1.807, 2.05) is 6.92 Å². The Morgan fingerprint density at radius 3 is 2.54 bits per heavy atom. The molecule has 0 aliphatic heterocycles. The molecule has 1 heterocycles. The highest BCUT2D eigenvalue weighted by atomic mass is 127. The average Bonchev–Trinajstić information content (AvgIpc) is 2.94. The van der Waals surface area contributed by atoms with Crippen LogP contribution in [0.3, 0.4) is 0 Å². The first-order valence-corrected chi connectivity index (χ1v) is 8.10. The summed E-state index contributed by atoms with van der Waals surface area (Å²) in [4.78, 5) is 4.29. The minimum absolute atomic E-state index is 0. The Bertz CT molecular complexity index is 548. The van der Waals surface area contributed by atoms with E-state index in [2.05, 4.69) is 20.4 Å². The van der Waals surface area contributed by atoms with Gasteiger partial charge >= 0.3 is 6.18 Å². The van der Waals surface area contributed by atoms with Crippen LogP contribution in [-0.2, 0) is 10.3 Å². The van der Waals surface area contributed by atoms with Gasteiger partial charge in [-0.05, 0) is 39.3 Å². The lowest BCUT2D eigenvalue weighted by molar-refractivity contribution is -0.173. The van der Waals surface area contributed by atoms with E-state index < -0.39 is 18.4 Å². The Hall–Kier alpha value is -1.01. The standard InChI is InChI=1S/C16H26F3N3O3.HI/c1-4-20-14(21-8-5-9-24-11-16(17,18)19)22-10-15(3,23)13-7-6-12(2)25-13;/h6-7,23H,4-5,8-11H2,1-3H3,(H2,20,21,22);1H. The summed E-state index contributed by atoms with van der Waals surface area (Å²) in [5.74, 6) is 1.58. The minimum Gasteiger partial charge on any atom is -0.463 e. The van der Waals surface area contributed by atoms with Crippen LogP contribution in [0.2, 0.25) is 0 Å². The number of alkyl halides is 3. The first kappa shape index (κ1) is 25.0. The monoisotopic (exact) mass is 493 g/mol. The normalized spacial score (nSPS) is 14.5. The lowest BCUT2D eigenvalue weighted by atomic mass is 10.0. The molecule has 0 fully saturated rings. The molecular weight excluding hydrogens is 466 g/mol. The number of ether oxygens (including phenoxy) is 1. The SMILES string of the molecule is CCNC(=NCC(C)(O)c1ccc(C)o1)NCCCOCC(F)(F)F.I. The van der Waals surface area contributed by atoms with Crippen LogP contribution in [0.15, 0.2) is 21.5 Å². The molecule has 0 spiro atoms. The molecule has 3 N–H and O–H groups in total.